The van der Waals surface area contributed by atoms with Crippen LogP contribution in [0.2, 0.25) is 0 Å². The smallest absolute Gasteiger partial charge is 0.269 e. The van der Waals surface area contributed by atoms with Gasteiger partial charge in [0.05, 0.1) is 11.0 Å². The first-order valence-corrected chi connectivity index (χ1v) is 8.83. The van der Waals surface area contributed by atoms with Crippen molar-refractivity contribution >= 4 is 22.9 Å². The van der Waals surface area contributed by atoms with Crippen molar-refractivity contribution in [2.75, 3.05) is 19.6 Å². The summed E-state index contributed by atoms with van der Waals surface area (Å²) in [5, 5.41) is 15.7. The Morgan fingerprint density at radius 3 is 2.54 bits per heavy atom. The largest absolute Gasteiger partial charge is 0.350 e. The predicted molar refractivity (Wildman–Crippen MR) is 93.3 cm³/mol. The van der Waals surface area contributed by atoms with Gasteiger partial charge in [-0.1, -0.05) is 6.07 Å². The molecule has 0 saturated carbocycles. The van der Waals surface area contributed by atoms with E-state index >= 15 is 0 Å². The molecule has 7 heteroatoms. The van der Waals surface area contributed by atoms with Crippen molar-refractivity contribution < 1.29 is 9.72 Å². The fourth-order valence-electron chi connectivity index (χ4n) is 2.97. The number of nitrogens with zero attached hydrogens (tertiary/aromatic N) is 2. The van der Waals surface area contributed by atoms with Crippen molar-refractivity contribution in [2.24, 2.45) is 0 Å². The Labute approximate surface area is 144 Å². The van der Waals surface area contributed by atoms with E-state index in [9.17, 15) is 14.9 Å². The quantitative estimate of drug-likeness (QED) is 0.644. The van der Waals surface area contributed by atoms with E-state index in [-0.39, 0.29) is 17.6 Å². The predicted octanol–water partition coefficient (Wildman–Crippen LogP) is 3.22. The molecule has 3 rings (SSSR count). The van der Waals surface area contributed by atoms with Crippen LogP contribution in [0.1, 0.15) is 34.1 Å². The molecule has 1 N–H and O–H groups in total. The van der Waals surface area contributed by atoms with Gasteiger partial charge in [-0.2, -0.15) is 0 Å². The van der Waals surface area contributed by atoms with Gasteiger partial charge in [0.2, 0.25) is 0 Å². The van der Waals surface area contributed by atoms with Crippen molar-refractivity contribution in [1.29, 1.82) is 0 Å². The average molecular weight is 345 g/mol. The Balaban J connectivity index is 1.65. The fraction of sp³-hybridized carbons (Fsp3) is 0.353. The number of nitro groups is 1. The minimum Gasteiger partial charge on any atom is -0.350 e. The maximum atomic E-state index is 12.3. The first kappa shape index (κ1) is 16.6. The average Bonchev–Trinajstić information content (AvgIpc) is 3.29. The van der Waals surface area contributed by atoms with Gasteiger partial charge >= 0.3 is 0 Å². The molecule has 0 bridgehead atoms. The number of amides is 1. The van der Waals surface area contributed by atoms with Crippen LogP contribution in [0.3, 0.4) is 0 Å². The number of nitrogens with one attached hydrogen (secondary N) is 1. The third kappa shape index (κ3) is 3.80. The molecule has 1 aliphatic heterocycles. The van der Waals surface area contributed by atoms with Crippen LogP contribution in [0.5, 0.6) is 0 Å². The highest BCUT2D eigenvalue weighted by Crippen LogP contribution is 2.27. The van der Waals surface area contributed by atoms with Crippen LogP contribution in [0.25, 0.3) is 0 Å². The summed E-state index contributed by atoms with van der Waals surface area (Å²) >= 11 is 1.70. The van der Waals surface area contributed by atoms with Crippen molar-refractivity contribution in [1.82, 2.24) is 10.2 Å². The lowest BCUT2D eigenvalue weighted by atomic mass is 10.1. The summed E-state index contributed by atoms with van der Waals surface area (Å²) < 4.78 is 0. The monoisotopic (exact) mass is 345 g/mol. The SMILES string of the molecule is O=C(NCC(c1cccs1)N1CCCC1)c1ccc([N+](=O)[O-])cc1. The Kier molecular flexibility index (Phi) is 5.22. The van der Waals surface area contributed by atoms with E-state index in [0.717, 1.165) is 13.1 Å². The van der Waals surface area contributed by atoms with Gasteiger partial charge in [0, 0.05) is 29.1 Å². The lowest BCUT2D eigenvalue weighted by Crippen LogP contribution is -2.36. The summed E-state index contributed by atoms with van der Waals surface area (Å²) in [6.07, 6.45) is 2.39. The number of benzene rings is 1. The molecule has 1 unspecified atom stereocenters. The van der Waals surface area contributed by atoms with Crippen LogP contribution in [-0.2, 0) is 0 Å². The topological polar surface area (TPSA) is 75.5 Å². The first-order valence-electron chi connectivity index (χ1n) is 7.95. The van der Waals surface area contributed by atoms with Gasteiger partial charge in [-0.3, -0.25) is 19.8 Å². The molecule has 0 aliphatic carbocycles. The molecular formula is C17H19N3O3S. The molecular weight excluding hydrogens is 326 g/mol. The highest BCUT2D eigenvalue weighted by atomic mass is 32.1. The number of rotatable bonds is 6. The van der Waals surface area contributed by atoms with Crippen LogP contribution in [0.15, 0.2) is 41.8 Å². The summed E-state index contributed by atoms with van der Waals surface area (Å²) in [6, 6.07) is 10.0. The highest BCUT2D eigenvalue weighted by molar-refractivity contribution is 7.10. The van der Waals surface area contributed by atoms with Gasteiger partial charge in [-0.05, 0) is 49.5 Å². The molecule has 126 valence electrons. The number of carbonyl (C=O) groups excluding carboxylic acids is 1. The summed E-state index contributed by atoms with van der Waals surface area (Å²) in [4.78, 5) is 26.2. The van der Waals surface area contributed by atoms with E-state index in [0.29, 0.717) is 12.1 Å². The van der Waals surface area contributed by atoms with Crippen LogP contribution in [-0.4, -0.2) is 35.4 Å². The first-order chi connectivity index (χ1) is 11.6. The van der Waals surface area contributed by atoms with Crippen molar-refractivity contribution in [3.63, 3.8) is 0 Å². The van der Waals surface area contributed by atoms with Gasteiger partial charge in [0.15, 0.2) is 0 Å². The number of carbonyl (C=O) groups is 1. The number of hydrogen-bond acceptors (Lipinski definition) is 5. The second-order valence-corrected chi connectivity index (χ2v) is 6.77. The molecule has 1 atom stereocenters. The number of thiophene rings is 1. The van der Waals surface area contributed by atoms with E-state index in [2.05, 4.69) is 21.7 Å². The van der Waals surface area contributed by atoms with Crippen molar-refractivity contribution in [3.8, 4) is 0 Å². The summed E-state index contributed by atoms with van der Waals surface area (Å²) in [7, 11) is 0. The van der Waals surface area contributed by atoms with Gasteiger partial charge in [0.25, 0.3) is 11.6 Å². The van der Waals surface area contributed by atoms with Crippen molar-refractivity contribution in [2.45, 2.75) is 18.9 Å². The lowest BCUT2D eigenvalue weighted by Gasteiger charge is -2.26. The van der Waals surface area contributed by atoms with Gasteiger partial charge in [-0.15, -0.1) is 11.3 Å². The molecule has 6 nitrogen and oxygen atoms in total. The molecule has 0 radical (unpaired) electrons. The van der Waals surface area contributed by atoms with E-state index in [4.69, 9.17) is 0 Å². The normalized spacial score (nSPS) is 16.0. The molecule has 2 aromatic rings. The zero-order chi connectivity index (χ0) is 16.9. The number of likely N-dealkylation sites (tertiary alicyclic amines) is 1. The second kappa shape index (κ2) is 7.55. The molecule has 1 aromatic heterocycles. The number of nitro benzene ring substituents is 1. The van der Waals surface area contributed by atoms with Gasteiger partial charge in [0.1, 0.15) is 0 Å². The van der Waals surface area contributed by atoms with Crippen molar-refractivity contribution in [3.05, 3.63) is 62.3 Å². The summed E-state index contributed by atoms with van der Waals surface area (Å²) in [6.45, 7) is 2.64. The molecule has 1 saturated heterocycles. The Morgan fingerprint density at radius 2 is 1.96 bits per heavy atom. The lowest BCUT2D eigenvalue weighted by molar-refractivity contribution is -0.384. The zero-order valence-corrected chi connectivity index (χ0v) is 14.0. The summed E-state index contributed by atoms with van der Waals surface area (Å²) in [5.74, 6) is -0.203. The van der Waals surface area contributed by atoms with E-state index in [1.165, 1.54) is 42.0 Å². The van der Waals surface area contributed by atoms with Gasteiger partial charge < -0.3 is 5.32 Å². The van der Waals surface area contributed by atoms with E-state index < -0.39 is 4.92 Å². The van der Waals surface area contributed by atoms with Crippen LogP contribution in [0.4, 0.5) is 5.69 Å². The third-order valence-corrected chi connectivity index (χ3v) is 5.22. The number of non-ortho nitro benzene ring substituents is 1. The number of hydrogen-bond donors (Lipinski definition) is 1. The Morgan fingerprint density at radius 1 is 1.25 bits per heavy atom. The molecule has 2 heterocycles. The molecule has 0 spiro atoms. The van der Waals surface area contributed by atoms with E-state index in [1.54, 1.807) is 11.3 Å². The van der Waals surface area contributed by atoms with Crippen LogP contribution >= 0.6 is 11.3 Å². The maximum Gasteiger partial charge on any atom is 0.269 e. The molecule has 1 aliphatic rings. The molecule has 24 heavy (non-hydrogen) atoms. The maximum absolute atomic E-state index is 12.3. The second-order valence-electron chi connectivity index (χ2n) is 5.79. The zero-order valence-electron chi connectivity index (χ0n) is 13.2. The Bertz CT molecular complexity index is 694. The standard InChI is InChI=1S/C17H19N3O3S/c21-17(13-5-7-14(8-6-13)20(22)23)18-12-15(16-4-3-11-24-16)19-9-1-2-10-19/h3-8,11,15H,1-2,9-10,12H2,(H,18,21). The fourth-order valence-corrected chi connectivity index (χ4v) is 3.83. The molecule has 1 amide bonds. The molecule has 1 aromatic carbocycles. The van der Waals surface area contributed by atoms with Crippen LogP contribution < -0.4 is 5.32 Å². The van der Waals surface area contributed by atoms with E-state index in [1.807, 2.05) is 6.07 Å². The highest BCUT2D eigenvalue weighted by Gasteiger charge is 2.24. The Hall–Kier alpha value is -2.25. The summed E-state index contributed by atoms with van der Waals surface area (Å²) in [5.41, 5.74) is 0.423. The minimum atomic E-state index is -0.470. The molecule has 1 fully saturated rings. The minimum absolute atomic E-state index is 0.0138. The third-order valence-electron chi connectivity index (χ3n) is 4.25. The van der Waals surface area contributed by atoms with Gasteiger partial charge in [-0.25, -0.2) is 0 Å². The van der Waals surface area contributed by atoms with Crippen LogP contribution in [0, 0.1) is 10.1 Å².